The highest BCUT2D eigenvalue weighted by Crippen LogP contribution is 2.29. The van der Waals surface area contributed by atoms with E-state index < -0.39 is 0 Å². The first-order valence-corrected chi connectivity index (χ1v) is 6.06. The monoisotopic (exact) mass is 276 g/mol. The summed E-state index contributed by atoms with van der Waals surface area (Å²) >= 11 is 3.58. The highest BCUT2D eigenvalue weighted by molar-refractivity contribution is 9.10. The van der Waals surface area contributed by atoms with Gasteiger partial charge in [-0.25, -0.2) is 0 Å². The molecule has 1 atom stereocenters. The van der Waals surface area contributed by atoms with Gasteiger partial charge in [0.1, 0.15) is 0 Å². The van der Waals surface area contributed by atoms with Crippen molar-refractivity contribution in [1.29, 1.82) is 0 Å². The average molecular weight is 277 g/mol. The van der Waals surface area contributed by atoms with Gasteiger partial charge in [0.2, 0.25) is 0 Å². The van der Waals surface area contributed by atoms with E-state index in [1.165, 1.54) is 0 Å². The third-order valence-corrected chi connectivity index (χ3v) is 3.22. The first-order valence-electron chi connectivity index (χ1n) is 5.26. The standard InChI is InChI=1S/C14H13BrO/c1-14(15)9-7-12(8-10-14)13(16)11-5-3-2-4-6-11/h2-9H,10H2,1H3/t14-/m1/s1. The minimum Gasteiger partial charge on any atom is -0.289 e. The number of hydrogen-bond acceptors (Lipinski definition) is 1. The summed E-state index contributed by atoms with van der Waals surface area (Å²) in [5, 5.41) is 0. The van der Waals surface area contributed by atoms with Crippen molar-refractivity contribution in [3.8, 4) is 0 Å². The molecule has 1 aromatic rings. The van der Waals surface area contributed by atoms with Gasteiger partial charge in [0, 0.05) is 15.5 Å². The van der Waals surface area contributed by atoms with E-state index in [0.29, 0.717) is 0 Å². The number of carbonyl (C=O) groups is 1. The van der Waals surface area contributed by atoms with E-state index in [-0.39, 0.29) is 10.1 Å². The van der Waals surface area contributed by atoms with Crippen molar-refractivity contribution in [2.24, 2.45) is 0 Å². The summed E-state index contributed by atoms with van der Waals surface area (Å²) < 4.78 is -0.00648. The Kier molecular flexibility index (Phi) is 3.10. The predicted molar refractivity (Wildman–Crippen MR) is 69.9 cm³/mol. The molecule has 2 heteroatoms. The largest absolute Gasteiger partial charge is 0.289 e. The molecular formula is C14H13BrO. The number of halogens is 1. The molecule has 0 radical (unpaired) electrons. The Hall–Kier alpha value is -1.15. The second kappa shape index (κ2) is 4.38. The lowest BCUT2D eigenvalue weighted by Crippen LogP contribution is -2.15. The van der Waals surface area contributed by atoms with Crippen LogP contribution in [0.2, 0.25) is 0 Å². The van der Waals surface area contributed by atoms with Crippen LogP contribution in [0.1, 0.15) is 23.7 Å². The van der Waals surface area contributed by atoms with Crippen molar-refractivity contribution >= 4 is 21.7 Å². The molecule has 82 valence electrons. The number of ketones is 1. The van der Waals surface area contributed by atoms with E-state index >= 15 is 0 Å². The van der Waals surface area contributed by atoms with Gasteiger partial charge in [-0.15, -0.1) is 0 Å². The molecule has 0 amide bonds. The minimum atomic E-state index is -0.00648. The molecular weight excluding hydrogens is 264 g/mol. The van der Waals surface area contributed by atoms with Crippen molar-refractivity contribution in [2.45, 2.75) is 17.7 Å². The van der Waals surface area contributed by atoms with Crippen molar-refractivity contribution in [3.63, 3.8) is 0 Å². The molecule has 0 aliphatic heterocycles. The Morgan fingerprint density at radius 2 is 2.00 bits per heavy atom. The molecule has 1 aromatic carbocycles. The molecule has 0 fully saturated rings. The minimum absolute atomic E-state index is 0.00648. The molecule has 0 saturated carbocycles. The van der Waals surface area contributed by atoms with Crippen LogP contribution >= 0.6 is 15.9 Å². The quantitative estimate of drug-likeness (QED) is 0.591. The number of carbonyl (C=O) groups excluding carboxylic acids is 1. The summed E-state index contributed by atoms with van der Waals surface area (Å²) in [5.41, 5.74) is 1.53. The molecule has 0 spiro atoms. The summed E-state index contributed by atoms with van der Waals surface area (Å²) in [5.74, 6) is 0.0971. The summed E-state index contributed by atoms with van der Waals surface area (Å²) in [6.07, 6.45) is 6.76. The van der Waals surface area contributed by atoms with Crippen LogP contribution in [0.15, 0.2) is 54.1 Å². The molecule has 16 heavy (non-hydrogen) atoms. The fourth-order valence-electron chi connectivity index (χ4n) is 1.63. The van der Waals surface area contributed by atoms with Gasteiger partial charge in [0.15, 0.2) is 5.78 Å². The fraction of sp³-hybridized carbons (Fsp3) is 0.214. The fourth-order valence-corrected chi connectivity index (χ4v) is 1.93. The third kappa shape index (κ3) is 2.50. The van der Waals surface area contributed by atoms with Crippen LogP contribution in [0, 0.1) is 0 Å². The van der Waals surface area contributed by atoms with Crippen LogP contribution < -0.4 is 0 Å². The Bertz CT molecular complexity index is 455. The van der Waals surface area contributed by atoms with Crippen LogP contribution in [-0.4, -0.2) is 10.1 Å². The van der Waals surface area contributed by atoms with Crippen LogP contribution in [0.3, 0.4) is 0 Å². The lowest BCUT2D eigenvalue weighted by Gasteiger charge is -2.20. The van der Waals surface area contributed by atoms with E-state index in [1.54, 1.807) is 0 Å². The molecule has 2 rings (SSSR count). The molecule has 0 aromatic heterocycles. The summed E-state index contributed by atoms with van der Waals surface area (Å²) in [4.78, 5) is 12.1. The molecule has 0 N–H and O–H groups in total. The Balaban J connectivity index is 2.20. The lowest BCUT2D eigenvalue weighted by molar-refractivity contribution is 0.103. The van der Waals surface area contributed by atoms with E-state index in [0.717, 1.165) is 17.6 Å². The third-order valence-electron chi connectivity index (χ3n) is 2.63. The van der Waals surface area contributed by atoms with Crippen molar-refractivity contribution in [3.05, 3.63) is 59.7 Å². The molecule has 1 aliphatic rings. The molecule has 0 unspecified atom stereocenters. The van der Waals surface area contributed by atoms with Crippen molar-refractivity contribution < 1.29 is 4.79 Å². The summed E-state index contributed by atoms with van der Waals surface area (Å²) in [6, 6.07) is 9.37. The first kappa shape index (κ1) is 11.3. The van der Waals surface area contributed by atoms with Crippen molar-refractivity contribution in [1.82, 2.24) is 0 Å². The summed E-state index contributed by atoms with van der Waals surface area (Å²) in [6.45, 7) is 2.09. The van der Waals surface area contributed by atoms with Gasteiger partial charge in [-0.3, -0.25) is 4.79 Å². The van der Waals surface area contributed by atoms with Crippen LogP contribution in [0.25, 0.3) is 0 Å². The SMILES string of the molecule is C[C@@]1(Br)C=CC(C(=O)c2ccccc2)=CC1. The Morgan fingerprint density at radius 3 is 2.56 bits per heavy atom. The number of Topliss-reactive ketones (excluding diaryl/α,β-unsaturated/α-hetero) is 1. The summed E-state index contributed by atoms with van der Waals surface area (Å²) in [7, 11) is 0. The molecule has 0 heterocycles. The van der Waals surface area contributed by atoms with Crippen molar-refractivity contribution in [2.75, 3.05) is 0 Å². The van der Waals surface area contributed by atoms with Crippen LogP contribution in [-0.2, 0) is 0 Å². The second-order valence-electron chi connectivity index (χ2n) is 4.17. The Morgan fingerprint density at radius 1 is 1.31 bits per heavy atom. The number of benzene rings is 1. The lowest BCUT2D eigenvalue weighted by atomic mass is 9.93. The molecule has 1 aliphatic carbocycles. The van der Waals surface area contributed by atoms with E-state index in [2.05, 4.69) is 22.9 Å². The van der Waals surface area contributed by atoms with Gasteiger partial charge in [-0.05, 0) is 13.3 Å². The second-order valence-corrected chi connectivity index (χ2v) is 5.98. The maximum Gasteiger partial charge on any atom is 0.192 e. The molecule has 0 bridgehead atoms. The number of alkyl halides is 1. The highest BCUT2D eigenvalue weighted by Gasteiger charge is 2.20. The maximum atomic E-state index is 12.1. The number of rotatable bonds is 2. The van der Waals surface area contributed by atoms with Gasteiger partial charge >= 0.3 is 0 Å². The topological polar surface area (TPSA) is 17.1 Å². The Labute approximate surface area is 104 Å². The zero-order valence-electron chi connectivity index (χ0n) is 9.11. The zero-order chi connectivity index (χ0) is 11.6. The normalized spacial score (nSPS) is 24.0. The van der Waals surface area contributed by atoms with E-state index in [1.807, 2.05) is 48.6 Å². The van der Waals surface area contributed by atoms with Crippen LogP contribution in [0.4, 0.5) is 0 Å². The van der Waals surface area contributed by atoms with Gasteiger partial charge in [-0.1, -0.05) is 64.5 Å². The number of hydrogen-bond donors (Lipinski definition) is 0. The van der Waals surface area contributed by atoms with Gasteiger partial charge in [-0.2, -0.15) is 0 Å². The van der Waals surface area contributed by atoms with Gasteiger partial charge in [0.25, 0.3) is 0 Å². The first-order chi connectivity index (χ1) is 7.58. The van der Waals surface area contributed by atoms with Gasteiger partial charge in [0.05, 0.1) is 0 Å². The van der Waals surface area contributed by atoms with Gasteiger partial charge < -0.3 is 0 Å². The molecule has 1 nitrogen and oxygen atoms in total. The van der Waals surface area contributed by atoms with E-state index in [9.17, 15) is 4.79 Å². The van der Waals surface area contributed by atoms with E-state index in [4.69, 9.17) is 0 Å². The number of allylic oxidation sites excluding steroid dienone is 4. The highest BCUT2D eigenvalue weighted by atomic mass is 79.9. The average Bonchev–Trinajstić information content (AvgIpc) is 2.29. The maximum absolute atomic E-state index is 12.1. The smallest absolute Gasteiger partial charge is 0.192 e. The molecule has 0 saturated heterocycles. The zero-order valence-corrected chi connectivity index (χ0v) is 10.7. The predicted octanol–water partition coefficient (Wildman–Crippen LogP) is 3.91. The van der Waals surface area contributed by atoms with Crippen LogP contribution in [0.5, 0.6) is 0 Å².